The molecule has 0 aliphatic carbocycles. The Morgan fingerprint density at radius 2 is 1.66 bits per heavy atom. The van der Waals surface area contributed by atoms with Crippen molar-refractivity contribution in [3.63, 3.8) is 0 Å². The van der Waals surface area contributed by atoms with Crippen LogP contribution in [0.15, 0.2) is 54.6 Å². The summed E-state index contributed by atoms with van der Waals surface area (Å²) in [6.45, 7) is 4.04. The van der Waals surface area contributed by atoms with E-state index in [9.17, 15) is 9.59 Å². The molecule has 0 saturated heterocycles. The van der Waals surface area contributed by atoms with Gasteiger partial charge in [0.25, 0.3) is 0 Å². The van der Waals surface area contributed by atoms with Crippen molar-refractivity contribution < 1.29 is 14.3 Å². The molecule has 2 rings (SSSR count). The summed E-state index contributed by atoms with van der Waals surface area (Å²) < 4.78 is 5.13. The Morgan fingerprint density at radius 1 is 1.00 bits per heavy atom. The van der Waals surface area contributed by atoms with Crippen LogP contribution in [-0.2, 0) is 16.0 Å². The molecule has 0 spiro atoms. The fourth-order valence-corrected chi connectivity index (χ4v) is 3.16. The number of hydrogen-bond acceptors (Lipinski definition) is 4. The van der Waals surface area contributed by atoms with Crippen LogP contribution in [0.4, 0.5) is 5.69 Å². The third-order valence-electron chi connectivity index (χ3n) is 4.55. The van der Waals surface area contributed by atoms with E-state index >= 15 is 0 Å². The molecule has 2 N–H and O–H groups in total. The average molecular weight is 415 g/mol. The Bertz CT molecular complexity index is 778. The summed E-state index contributed by atoms with van der Waals surface area (Å²) in [7, 11) is 1.59. The molecule has 6 heteroatoms. The lowest BCUT2D eigenvalue weighted by Gasteiger charge is -2.22. The zero-order valence-electron chi connectivity index (χ0n) is 17.2. The molecule has 2 atom stereocenters. The Balaban J connectivity index is 1.94. The van der Waals surface area contributed by atoms with Crippen LogP contribution in [0.2, 0.25) is 0 Å². The molecule has 0 unspecified atom stereocenters. The van der Waals surface area contributed by atoms with Crippen molar-refractivity contribution in [2.24, 2.45) is 5.92 Å². The summed E-state index contributed by atoms with van der Waals surface area (Å²) in [4.78, 5) is 25.4. The lowest BCUT2D eigenvalue weighted by molar-refractivity contribution is -0.126. The van der Waals surface area contributed by atoms with E-state index in [2.05, 4.69) is 23.3 Å². The first-order valence-corrected chi connectivity index (χ1v) is 10.4. The van der Waals surface area contributed by atoms with Crippen molar-refractivity contribution in [3.8, 4) is 5.75 Å². The molecule has 29 heavy (non-hydrogen) atoms. The maximum absolute atomic E-state index is 12.8. The number of benzene rings is 2. The molecule has 5 nitrogen and oxygen atoms in total. The monoisotopic (exact) mass is 414 g/mol. The van der Waals surface area contributed by atoms with Gasteiger partial charge in [0.1, 0.15) is 11.8 Å². The van der Waals surface area contributed by atoms with Gasteiger partial charge in [0.15, 0.2) is 0 Å². The number of carbonyl (C=O) groups is 2. The first kappa shape index (κ1) is 22.8. The second-order valence-corrected chi connectivity index (χ2v) is 8.07. The Hall–Kier alpha value is -2.47. The van der Waals surface area contributed by atoms with Crippen molar-refractivity contribution in [3.05, 3.63) is 60.2 Å². The molecule has 2 aromatic rings. The van der Waals surface area contributed by atoms with Crippen molar-refractivity contribution in [1.29, 1.82) is 0 Å². The predicted octanol–water partition coefficient (Wildman–Crippen LogP) is 4.10. The standard InChI is InChI=1S/C23H30N2O3S/c1-16(2)15-20(22(26)24-18-10-12-19(28-3)13-11-18)25-23(27)21(29)14-9-17-7-5-4-6-8-17/h4-8,10-13,16,20-21,29H,9,14-15H2,1-3H3,(H,24,26)(H,25,27)/t20-,21+/m0/s1. The molecule has 0 aromatic heterocycles. The Morgan fingerprint density at radius 3 is 2.24 bits per heavy atom. The smallest absolute Gasteiger partial charge is 0.246 e. The summed E-state index contributed by atoms with van der Waals surface area (Å²) in [5.41, 5.74) is 1.82. The van der Waals surface area contributed by atoms with Gasteiger partial charge in [0.05, 0.1) is 12.4 Å². The molecule has 0 radical (unpaired) electrons. The molecular formula is C23H30N2O3S. The zero-order chi connectivity index (χ0) is 21.2. The molecule has 0 aliphatic rings. The summed E-state index contributed by atoms with van der Waals surface area (Å²) in [6.07, 6.45) is 1.91. The maximum Gasteiger partial charge on any atom is 0.246 e. The van der Waals surface area contributed by atoms with Crippen LogP contribution < -0.4 is 15.4 Å². The molecule has 0 heterocycles. The molecule has 2 amide bonds. The molecule has 2 aromatic carbocycles. The number of methoxy groups -OCH3 is 1. The van der Waals surface area contributed by atoms with Crippen LogP contribution in [0.3, 0.4) is 0 Å². The summed E-state index contributed by atoms with van der Waals surface area (Å²) in [5.74, 6) is 0.511. The van der Waals surface area contributed by atoms with Crippen LogP contribution in [0.25, 0.3) is 0 Å². The summed E-state index contributed by atoms with van der Waals surface area (Å²) in [6, 6.07) is 16.5. The number of nitrogens with one attached hydrogen (secondary N) is 2. The van der Waals surface area contributed by atoms with Crippen molar-refractivity contribution >= 4 is 30.1 Å². The minimum absolute atomic E-state index is 0.222. The topological polar surface area (TPSA) is 67.4 Å². The van der Waals surface area contributed by atoms with Gasteiger partial charge in [-0.25, -0.2) is 0 Å². The van der Waals surface area contributed by atoms with Gasteiger partial charge in [0.2, 0.25) is 11.8 Å². The Labute approximate surface area is 178 Å². The second kappa shape index (κ2) is 11.5. The van der Waals surface area contributed by atoms with E-state index < -0.39 is 11.3 Å². The van der Waals surface area contributed by atoms with Gasteiger partial charge in [-0.1, -0.05) is 44.2 Å². The SMILES string of the molecule is COc1ccc(NC(=O)[C@H](CC(C)C)NC(=O)[C@H](S)CCc2ccccc2)cc1. The van der Waals surface area contributed by atoms with E-state index in [1.807, 2.05) is 44.2 Å². The molecule has 0 fully saturated rings. The fraction of sp³-hybridized carbons (Fsp3) is 0.391. The van der Waals surface area contributed by atoms with Gasteiger partial charge in [-0.05, 0) is 55.0 Å². The Kier molecular flexibility index (Phi) is 9.06. The molecular weight excluding hydrogens is 384 g/mol. The third kappa shape index (κ3) is 7.81. The highest BCUT2D eigenvalue weighted by Gasteiger charge is 2.24. The number of aryl methyl sites for hydroxylation is 1. The molecule has 156 valence electrons. The average Bonchev–Trinajstić information content (AvgIpc) is 2.72. The van der Waals surface area contributed by atoms with E-state index in [1.54, 1.807) is 31.4 Å². The lowest BCUT2D eigenvalue weighted by atomic mass is 10.0. The predicted molar refractivity (Wildman–Crippen MR) is 121 cm³/mol. The lowest BCUT2D eigenvalue weighted by Crippen LogP contribution is -2.47. The normalized spacial score (nSPS) is 12.9. The quantitative estimate of drug-likeness (QED) is 0.513. The van der Waals surface area contributed by atoms with E-state index in [1.165, 1.54) is 0 Å². The zero-order valence-corrected chi connectivity index (χ0v) is 18.1. The first-order chi connectivity index (χ1) is 13.9. The van der Waals surface area contributed by atoms with Crippen LogP contribution in [0, 0.1) is 5.92 Å². The number of thiol groups is 1. The van der Waals surface area contributed by atoms with Gasteiger partial charge in [-0.15, -0.1) is 0 Å². The maximum atomic E-state index is 12.8. The van der Waals surface area contributed by atoms with Crippen LogP contribution in [-0.4, -0.2) is 30.2 Å². The summed E-state index contributed by atoms with van der Waals surface area (Å²) in [5, 5.41) is 5.27. The first-order valence-electron chi connectivity index (χ1n) is 9.86. The number of rotatable bonds is 10. The van der Waals surface area contributed by atoms with Crippen LogP contribution in [0.1, 0.15) is 32.3 Å². The van der Waals surface area contributed by atoms with Gasteiger partial charge in [-0.3, -0.25) is 9.59 Å². The number of carbonyl (C=O) groups excluding carboxylic acids is 2. The van der Waals surface area contributed by atoms with Gasteiger partial charge >= 0.3 is 0 Å². The molecule has 0 bridgehead atoms. The van der Waals surface area contributed by atoms with Gasteiger partial charge in [0, 0.05) is 5.69 Å². The number of hydrogen-bond donors (Lipinski definition) is 3. The van der Waals surface area contributed by atoms with E-state index in [-0.39, 0.29) is 17.7 Å². The van der Waals surface area contributed by atoms with Crippen molar-refractivity contribution in [1.82, 2.24) is 5.32 Å². The van der Waals surface area contributed by atoms with Crippen molar-refractivity contribution in [2.45, 2.75) is 44.4 Å². The summed E-state index contributed by atoms with van der Waals surface area (Å²) >= 11 is 4.45. The number of amides is 2. The minimum Gasteiger partial charge on any atom is -0.497 e. The number of ether oxygens (including phenoxy) is 1. The third-order valence-corrected chi connectivity index (χ3v) is 5.04. The highest BCUT2D eigenvalue weighted by Crippen LogP contribution is 2.17. The largest absolute Gasteiger partial charge is 0.497 e. The van der Waals surface area contributed by atoms with Gasteiger partial charge in [-0.2, -0.15) is 12.6 Å². The molecule has 0 saturated carbocycles. The van der Waals surface area contributed by atoms with Crippen LogP contribution >= 0.6 is 12.6 Å². The second-order valence-electron chi connectivity index (χ2n) is 7.45. The van der Waals surface area contributed by atoms with E-state index in [0.717, 1.165) is 12.0 Å². The number of anilines is 1. The minimum atomic E-state index is -0.615. The molecule has 0 aliphatic heterocycles. The fourth-order valence-electron chi connectivity index (χ4n) is 2.95. The van der Waals surface area contributed by atoms with Crippen LogP contribution in [0.5, 0.6) is 5.75 Å². The highest BCUT2D eigenvalue weighted by atomic mass is 32.1. The van der Waals surface area contributed by atoms with E-state index in [0.29, 0.717) is 24.3 Å². The van der Waals surface area contributed by atoms with E-state index in [4.69, 9.17) is 4.74 Å². The van der Waals surface area contributed by atoms with Gasteiger partial charge < -0.3 is 15.4 Å². The highest BCUT2D eigenvalue weighted by molar-refractivity contribution is 7.81. The van der Waals surface area contributed by atoms with Crippen molar-refractivity contribution in [2.75, 3.05) is 12.4 Å².